The maximum atomic E-state index is 12.2. The van der Waals surface area contributed by atoms with Gasteiger partial charge in [-0.05, 0) is 49.2 Å². The topological polar surface area (TPSA) is 54.9 Å². The van der Waals surface area contributed by atoms with Gasteiger partial charge in [-0.3, -0.25) is 9.78 Å². The van der Waals surface area contributed by atoms with E-state index in [4.69, 9.17) is 0 Å². The average molecular weight is 323 g/mol. The molecule has 0 spiro atoms. The molecule has 1 aromatic carbocycles. The zero-order chi connectivity index (χ0) is 16.2. The first-order chi connectivity index (χ1) is 11.1. The highest BCUT2D eigenvalue weighted by Gasteiger charge is 2.10. The monoisotopic (exact) mass is 323 g/mol. The number of benzene rings is 1. The Bertz CT molecular complexity index is 807. The van der Waals surface area contributed by atoms with Crippen LogP contribution < -0.4 is 5.32 Å². The maximum Gasteiger partial charge on any atom is 0.230 e. The number of hydrogen-bond donors (Lipinski definition) is 1. The third kappa shape index (κ3) is 4.02. The van der Waals surface area contributed by atoms with Crippen molar-refractivity contribution in [2.75, 3.05) is 5.32 Å². The fourth-order valence-electron chi connectivity index (χ4n) is 2.41. The molecule has 0 fully saturated rings. The number of rotatable bonds is 4. The van der Waals surface area contributed by atoms with Gasteiger partial charge in [0.1, 0.15) is 5.01 Å². The molecule has 1 N–H and O–H groups in total. The summed E-state index contributed by atoms with van der Waals surface area (Å²) in [6.45, 7) is 4.03. The Morgan fingerprint density at radius 2 is 1.96 bits per heavy atom. The van der Waals surface area contributed by atoms with Crippen molar-refractivity contribution in [1.82, 2.24) is 9.97 Å². The SMILES string of the molecule is Cc1cc(C)cc(NC(=O)Cc2csc(-c3ccccn3)n2)c1. The van der Waals surface area contributed by atoms with E-state index in [1.807, 2.05) is 49.6 Å². The van der Waals surface area contributed by atoms with E-state index in [-0.39, 0.29) is 12.3 Å². The molecule has 5 heteroatoms. The van der Waals surface area contributed by atoms with Crippen LogP contribution in [0.1, 0.15) is 16.8 Å². The van der Waals surface area contributed by atoms with Crippen LogP contribution in [-0.4, -0.2) is 15.9 Å². The molecule has 4 nitrogen and oxygen atoms in total. The summed E-state index contributed by atoms with van der Waals surface area (Å²) in [6, 6.07) is 11.7. The van der Waals surface area contributed by atoms with E-state index in [0.717, 1.165) is 33.2 Å². The van der Waals surface area contributed by atoms with E-state index in [2.05, 4.69) is 21.4 Å². The number of aromatic nitrogens is 2. The van der Waals surface area contributed by atoms with Crippen LogP contribution in [0.3, 0.4) is 0 Å². The highest BCUT2D eigenvalue weighted by molar-refractivity contribution is 7.13. The number of amides is 1. The first kappa shape index (κ1) is 15.4. The Kier molecular flexibility index (Phi) is 4.48. The Hall–Kier alpha value is -2.53. The molecule has 2 heterocycles. The Morgan fingerprint density at radius 1 is 1.17 bits per heavy atom. The standard InChI is InChI=1S/C18H17N3OS/c1-12-7-13(2)9-14(8-12)20-17(22)10-15-11-23-18(21-15)16-5-3-4-6-19-16/h3-9,11H,10H2,1-2H3,(H,20,22). The van der Waals surface area contributed by atoms with Crippen LogP contribution >= 0.6 is 11.3 Å². The molecule has 0 aliphatic heterocycles. The van der Waals surface area contributed by atoms with Gasteiger partial charge in [-0.15, -0.1) is 11.3 Å². The minimum absolute atomic E-state index is 0.0622. The lowest BCUT2D eigenvalue weighted by molar-refractivity contribution is -0.115. The molecule has 116 valence electrons. The summed E-state index contributed by atoms with van der Waals surface area (Å²) >= 11 is 1.50. The molecule has 3 aromatic rings. The maximum absolute atomic E-state index is 12.2. The van der Waals surface area contributed by atoms with Gasteiger partial charge in [-0.2, -0.15) is 0 Å². The zero-order valence-corrected chi connectivity index (χ0v) is 13.9. The van der Waals surface area contributed by atoms with E-state index in [9.17, 15) is 4.79 Å². The van der Waals surface area contributed by atoms with Crippen molar-refractivity contribution in [3.8, 4) is 10.7 Å². The largest absolute Gasteiger partial charge is 0.326 e. The molecule has 23 heavy (non-hydrogen) atoms. The molecule has 0 bridgehead atoms. The van der Waals surface area contributed by atoms with Crippen LogP contribution in [0.25, 0.3) is 10.7 Å². The van der Waals surface area contributed by atoms with Gasteiger partial charge >= 0.3 is 0 Å². The quantitative estimate of drug-likeness (QED) is 0.789. The Morgan fingerprint density at radius 3 is 2.65 bits per heavy atom. The molecular weight excluding hydrogens is 306 g/mol. The van der Waals surface area contributed by atoms with E-state index in [1.54, 1.807) is 6.20 Å². The van der Waals surface area contributed by atoms with Crippen LogP contribution in [0.4, 0.5) is 5.69 Å². The molecule has 0 saturated heterocycles. The average Bonchev–Trinajstić information content (AvgIpc) is 2.95. The summed E-state index contributed by atoms with van der Waals surface area (Å²) in [5, 5.41) is 5.67. The molecule has 0 saturated carbocycles. The summed E-state index contributed by atoms with van der Waals surface area (Å²) in [4.78, 5) is 21.0. The minimum Gasteiger partial charge on any atom is -0.326 e. The van der Waals surface area contributed by atoms with Crippen molar-refractivity contribution >= 4 is 22.9 Å². The number of carbonyl (C=O) groups is 1. The Balaban J connectivity index is 1.68. The zero-order valence-electron chi connectivity index (χ0n) is 13.0. The molecule has 0 aliphatic rings. The number of thiazole rings is 1. The van der Waals surface area contributed by atoms with Crippen LogP contribution in [0, 0.1) is 13.8 Å². The van der Waals surface area contributed by atoms with Crippen molar-refractivity contribution in [2.24, 2.45) is 0 Å². The van der Waals surface area contributed by atoms with Gasteiger partial charge in [0.25, 0.3) is 0 Å². The van der Waals surface area contributed by atoms with Gasteiger partial charge in [0.05, 0.1) is 17.8 Å². The third-order valence-electron chi connectivity index (χ3n) is 3.28. The molecule has 3 rings (SSSR count). The molecule has 0 radical (unpaired) electrons. The van der Waals surface area contributed by atoms with E-state index in [1.165, 1.54) is 11.3 Å². The second-order valence-electron chi connectivity index (χ2n) is 5.46. The van der Waals surface area contributed by atoms with Crippen LogP contribution in [-0.2, 0) is 11.2 Å². The number of aryl methyl sites for hydroxylation is 2. The molecule has 0 atom stereocenters. The van der Waals surface area contributed by atoms with Gasteiger partial charge in [0, 0.05) is 17.3 Å². The summed E-state index contributed by atoms with van der Waals surface area (Å²) in [5.74, 6) is -0.0622. The highest BCUT2D eigenvalue weighted by atomic mass is 32.1. The molecular formula is C18H17N3OS. The van der Waals surface area contributed by atoms with Gasteiger partial charge in [-0.25, -0.2) is 4.98 Å². The number of hydrogen-bond acceptors (Lipinski definition) is 4. The predicted molar refractivity (Wildman–Crippen MR) is 93.6 cm³/mol. The number of nitrogens with zero attached hydrogens (tertiary/aromatic N) is 2. The van der Waals surface area contributed by atoms with Gasteiger partial charge in [-0.1, -0.05) is 12.1 Å². The first-order valence-electron chi connectivity index (χ1n) is 7.34. The van der Waals surface area contributed by atoms with Crippen LogP contribution in [0.15, 0.2) is 48.0 Å². The van der Waals surface area contributed by atoms with Crippen LogP contribution in [0.5, 0.6) is 0 Å². The Labute approximate surface area is 139 Å². The lowest BCUT2D eigenvalue weighted by Crippen LogP contribution is -2.14. The van der Waals surface area contributed by atoms with Gasteiger partial charge in [0.2, 0.25) is 5.91 Å². The summed E-state index contributed by atoms with van der Waals surface area (Å²) in [5.41, 5.74) is 4.68. The number of anilines is 1. The third-order valence-corrected chi connectivity index (χ3v) is 4.20. The summed E-state index contributed by atoms with van der Waals surface area (Å²) in [7, 11) is 0. The predicted octanol–water partition coefficient (Wildman–Crippen LogP) is 4.00. The number of carbonyl (C=O) groups excluding carboxylic acids is 1. The van der Waals surface area contributed by atoms with E-state index in [0.29, 0.717) is 0 Å². The second kappa shape index (κ2) is 6.71. The fourth-order valence-corrected chi connectivity index (χ4v) is 3.21. The highest BCUT2D eigenvalue weighted by Crippen LogP contribution is 2.22. The first-order valence-corrected chi connectivity index (χ1v) is 8.22. The number of nitrogens with one attached hydrogen (secondary N) is 1. The molecule has 0 unspecified atom stereocenters. The summed E-state index contributed by atoms with van der Waals surface area (Å²) < 4.78 is 0. The minimum atomic E-state index is -0.0622. The van der Waals surface area contributed by atoms with Crippen molar-refractivity contribution < 1.29 is 4.79 Å². The van der Waals surface area contributed by atoms with Crippen molar-refractivity contribution in [1.29, 1.82) is 0 Å². The van der Waals surface area contributed by atoms with Crippen LogP contribution in [0.2, 0.25) is 0 Å². The normalized spacial score (nSPS) is 10.5. The number of pyridine rings is 1. The second-order valence-corrected chi connectivity index (χ2v) is 6.32. The van der Waals surface area contributed by atoms with E-state index < -0.39 is 0 Å². The fraction of sp³-hybridized carbons (Fsp3) is 0.167. The van der Waals surface area contributed by atoms with Gasteiger partial charge in [0.15, 0.2) is 0 Å². The smallest absolute Gasteiger partial charge is 0.230 e. The van der Waals surface area contributed by atoms with Crippen molar-refractivity contribution in [3.63, 3.8) is 0 Å². The summed E-state index contributed by atoms with van der Waals surface area (Å²) in [6.07, 6.45) is 2.00. The van der Waals surface area contributed by atoms with Crippen molar-refractivity contribution in [3.05, 3.63) is 64.8 Å². The van der Waals surface area contributed by atoms with Crippen molar-refractivity contribution in [2.45, 2.75) is 20.3 Å². The molecule has 0 aliphatic carbocycles. The molecule has 2 aromatic heterocycles. The lowest BCUT2D eigenvalue weighted by atomic mass is 10.1. The lowest BCUT2D eigenvalue weighted by Gasteiger charge is -2.06. The van der Waals surface area contributed by atoms with Gasteiger partial charge < -0.3 is 5.32 Å². The molecule has 1 amide bonds. The van der Waals surface area contributed by atoms with E-state index >= 15 is 0 Å².